The normalized spacial score (nSPS) is 20.8. The Hall–Kier alpha value is -1.40. The molecule has 3 N–H and O–H groups in total. The van der Waals surface area contributed by atoms with Gasteiger partial charge in [-0.05, 0) is 19.1 Å². The van der Waals surface area contributed by atoms with Crippen LogP contribution in [0.5, 0.6) is 0 Å². The minimum absolute atomic E-state index is 0. The van der Waals surface area contributed by atoms with Crippen LogP contribution in [-0.4, -0.2) is 40.6 Å². The highest BCUT2D eigenvalue weighted by molar-refractivity contribution is 5.85. The van der Waals surface area contributed by atoms with Gasteiger partial charge in [-0.2, -0.15) is 5.10 Å². The maximum absolute atomic E-state index is 9.77. The van der Waals surface area contributed by atoms with Crippen LogP contribution in [0, 0.1) is 12.8 Å². The third-order valence-corrected chi connectivity index (χ3v) is 4.05. The maximum atomic E-state index is 9.77. The first-order valence-corrected chi connectivity index (χ1v) is 7.44. The van der Waals surface area contributed by atoms with Gasteiger partial charge in [-0.15, -0.1) is 12.4 Å². The second-order valence-corrected chi connectivity index (χ2v) is 5.64. The van der Waals surface area contributed by atoms with Crippen molar-refractivity contribution in [3.05, 3.63) is 47.8 Å². The van der Waals surface area contributed by atoms with E-state index in [0.29, 0.717) is 12.5 Å². The predicted octanol–water partition coefficient (Wildman–Crippen LogP) is 1.27. The Bertz CT molecular complexity index is 587. The molecule has 1 aliphatic heterocycles. The summed E-state index contributed by atoms with van der Waals surface area (Å²) in [5.74, 6) is 0.300. The zero-order valence-corrected chi connectivity index (χ0v) is 13.5. The van der Waals surface area contributed by atoms with Gasteiger partial charge < -0.3 is 15.7 Å². The lowest BCUT2D eigenvalue weighted by Crippen LogP contribution is -2.30. The molecule has 22 heavy (non-hydrogen) atoms. The lowest BCUT2D eigenvalue weighted by Gasteiger charge is -2.13. The number of hydrogen-bond donors (Lipinski definition) is 3. The summed E-state index contributed by atoms with van der Waals surface area (Å²) < 4.78 is 1.91. The average molecular weight is 323 g/mol. The molecular weight excluding hydrogens is 300 g/mol. The molecule has 0 radical (unpaired) electrons. The summed E-state index contributed by atoms with van der Waals surface area (Å²) in [6, 6.07) is 10.1. The Morgan fingerprint density at radius 3 is 2.77 bits per heavy atom. The van der Waals surface area contributed by atoms with Gasteiger partial charge in [0.25, 0.3) is 0 Å². The van der Waals surface area contributed by atoms with E-state index in [1.165, 1.54) is 5.56 Å². The summed E-state index contributed by atoms with van der Waals surface area (Å²) in [7, 11) is 0. The fraction of sp³-hybridized carbons (Fsp3) is 0.438. The standard InChI is InChI=1S/C16H22N4O.ClH/c1-12-14(9-17-7-13-8-18-10-16(13)21)11-20(19-12)15-5-3-2-4-6-15;/h2-6,11,13,16-18,21H,7-10H2,1H3;1H. The Balaban J connectivity index is 0.00000176. The summed E-state index contributed by atoms with van der Waals surface area (Å²) >= 11 is 0. The highest BCUT2D eigenvalue weighted by Gasteiger charge is 2.24. The summed E-state index contributed by atoms with van der Waals surface area (Å²) in [5.41, 5.74) is 3.30. The Kier molecular flexibility index (Phi) is 5.97. The molecule has 3 rings (SSSR count). The maximum Gasteiger partial charge on any atom is 0.0716 e. The molecule has 2 aromatic rings. The van der Waals surface area contributed by atoms with Gasteiger partial charge in [-0.3, -0.25) is 0 Å². The van der Waals surface area contributed by atoms with Gasteiger partial charge in [0.2, 0.25) is 0 Å². The van der Waals surface area contributed by atoms with Crippen molar-refractivity contribution in [2.75, 3.05) is 19.6 Å². The number of β-amino-alcohol motifs (C(OH)–C–C–N with tert-alkyl or cyclic N) is 1. The Morgan fingerprint density at radius 1 is 1.32 bits per heavy atom. The van der Waals surface area contributed by atoms with Crippen molar-refractivity contribution in [2.24, 2.45) is 5.92 Å². The van der Waals surface area contributed by atoms with Crippen molar-refractivity contribution in [3.63, 3.8) is 0 Å². The number of hydrogen-bond acceptors (Lipinski definition) is 4. The molecule has 2 unspecified atom stereocenters. The van der Waals surface area contributed by atoms with E-state index >= 15 is 0 Å². The molecule has 6 heteroatoms. The zero-order valence-electron chi connectivity index (χ0n) is 12.7. The van der Waals surface area contributed by atoms with Crippen molar-refractivity contribution in [1.29, 1.82) is 0 Å². The van der Waals surface area contributed by atoms with Crippen LogP contribution in [0.3, 0.4) is 0 Å². The lowest BCUT2D eigenvalue weighted by atomic mass is 10.1. The number of aryl methyl sites for hydroxylation is 1. The molecule has 1 fully saturated rings. The highest BCUT2D eigenvalue weighted by atomic mass is 35.5. The van der Waals surface area contributed by atoms with Crippen LogP contribution in [0.15, 0.2) is 36.5 Å². The minimum atomic E-state index is -0.231. The van der Waals surface area contributed by atoms with Crippen LogP contribution < -0.4 is 10.6 Å². The SMILES string of the molecule is Cc1nn(-c2ccccc2)cc1CNCC1CNCC1O.Cl. The van der Waals surface area contributed by atoms with E-state index in [1.807, 2.05) is 41.9 Å². The molecule has 0 aliphatic carbocycles. The molecule has 5 nitrogen and oxygen atoms in total. The number of nitrogens with zero attached hydrogens (tertiary/aromatic N) is 2. The second-order valence-electron chi connectivity index (χ2n) is 5.64. The number of halogens is 1. The third kappa shape index (κ3) is 3.87. The highest BCUT2D eigenvalue weighted by Crippen LogP contribution is 2.12. The quantitative estimate of drug-likeness (QED) is 0.776. The molecule has 2 atom stereocenters. The largest absolute Gasteiger partial charge is 0.391 e. The number of aliphatic hydroxyl groups excluding tert-OH is 1. The number of nitrogens with one attached hydrogen (secondary N) is 2. The number of rotatable bonds is 5. The Labute approximate surface area is 137 Å². The Morgan fingerprint density at radius 2 is 2.09 bits per heavy atom. The molecule has 0 spiro atoms. The third-order valence-electron chi connectivity index (χ3n) is 4.05. The lowest BCUT2D eigenvalue weighted by molar-refractivity contribution is 0.146. The minimum Gasteiger partial charge on any atom is -0.391 e. The monoisotopic (exact) mass is 322 g/mol. The van der Waals surface area contributed by atoms with Crippen LogP contribution >= 0.6 is 12.4 Å². The van der Waals surface area contributed by atoms with Crippen molar-refractivity contribution >= 4 is 12.4 Å². The average Bonchev–Trinajstić information content (AvgIpc) is 3.07. The number of para-hydroxylation sites is 1. The van der Waals surface area contributed by atoms with Crippen molar-refractivity contribution in [3.8, 4) is 5.69 Å². The first kappa shape index (κ1) is 17.0. The number of aliphatic hydroxyl groups is 1. The summed E-state index contributed by atoms with van der Waals surface area (Å²) in [4.78, 5) is 0. The van der Waals surface area contributed by atoms with Crippen molar-refractivity contribution in [1.82, 2.24) is 20.4 Å². The van der Waals surface area contributed by atoms with Gasteiger partial charge in [0.05, 0.1) is 17.5 Å². The van der Waals surface area contributed by atoms with E-state index in [-0.39, 0.29) is 18.5 Å². The van der Waals surface area contributed by atoms with Gasteiger partial charge in [0.1, 0.15) is 0 Å². The number of benzene rings is 1. The molecule has 1 saturated heterocycles. The number of aromatic nitrogens is 2. The van der Waals surface area contributed by atoms with Crippen LogP contribution in [0.1, 0.15) is 11.3 Å². The molecule has 1 aromatic carbocycles. The van der Waals surface area contributed by atoms with E-state index in [0.717, 1.165) is 31.0 Å². The summed E-state index contributed by atoms with van der Waals surface area (Å²) in [5, 5.41) is 21.0. The molecule has 0 saturated carbocycles. The molecule has 2 heterocycles. The first-order valence-electron chi connectivity index (χ1n) is 7.44. The molecule has 1 aliphatic rings. The van der Waals surface area contributed by atoms with Gasteiger partial charge >= 0.3 is 0 Å². The van der Waals surface area contributed by atoms with Crippen molar-refractivity contribution < 1.29 is 5.11 Å². The van der Waals surface area contributed by atoms with Gasteiger partial charge in [-0.25, -0.2) is 4.68 Å². The summed E-state index contributed by atoms with van der Waals surface area (Å²) in [6.45, 7) is 5.22. The topological polar surface area (TPSA) is 62.1 Å². The van der Waals surface area contributed by atoms with Crippen LogP contribution in [0.2, 0.25) is 0 Å². The summed E-state index contributed by atoms with van der Waals surface area (Å²) in [6.07, 6.45) is 1.84. The van der Waals surface area contributed by atoms with Gasteiger partial charge in [0.15, 0.2) is 0 Å². The van der Waals surface area contributed by atoms with Crippen LogP contribution in [-0.2, 0) is 6.54 Å². The van der Waals surface area contributed by atoms with Gasteiger partial charge in [0, 0.05) is 43.9 Å². The van der Waals surface area contributed by atoms with Gasteiger partial charge in [-0.1, -0.05) is 18.2 Å². The fourth-order valence-electron chi connectivity index (χ4n) is 2.70. The molecule has 1 aromatic heterocycles. The zero-order chi connectivity index (χ0) is 14.7. The van der Waals surface area contributed by atoms with E-state index in [2.05, 4.69) is 21.9 Å². The smallest absolute Gasteiger partial charge is 0.0716 e. The van der Waals surface area contributed by atoms with E-state index < -0.39 is 0 Å². The molecule has 120 valence electrons. The van der Waals surface area contributed by atoms with E-state index in [9.17, 15) is 5.11 Å². The predicted molar refractivity (Wildman–Crippen MR) is 89.6 cm³/mol. The van der Waals surface area contributed by atoms with E-state index in [1.54, 1.807) is 0 Å². The van der Waals surface area contributed by atoms with Crippen LogP contribution in [0.25, 0.3) is 5.69 Å². The first-order chi connectivity index (χ1) is 10.2. The fourth-order valence-corrected chi connectivity index (χ4v) is 2.70. The second kappa shape index (κ2) is 7.74. The van der Waals surface area contributed by atoms with Crippen LogP contribution in [0.4, 0.5) is 0 Å². The molecule has 0 amide bonds. The van der Waals surface area contributed by atoms with E-state index in [4.69, 9.17) is 0 Å². The van der Waals surface area contributed by atoms with Crippen molar-refractivity contribution in [2.45, 2.75) is 19.6 Å². The molecule has 0 bridgehead atoms. The molecular formula is C16H23ClN4O.